The lowest BCUT2D eigenvalue weighted by atomic mass is 10.1. The standard InChI is InChI=1S/C13H9NO2/c15-10-6-7-11-12(8-10)14-16-13(11)9-4-2-1-3-5-9/h1-8,15H. The Kier molecular flexibility index (Phi) is 1.90. The van der Waals surface area contributed by atoms with Gasteiger partial charge in [-0.1, -0.05) is 35.5 Å². The van der Waals surface area contributed by atoms with E-state index in [1.54, 1.807) is 12.1 Å². The summed E-state index contributed by atoms with van der Waals surface area (Å²) in [5.74, 6) is 0.927. The molecule has 3 nitrogen and oxygen atoms in total. The van der Waals surface area contributed by atoms with Crippen molar-refractivity contribution in [3.8, 4) is 17.1 Å². The van der Waals surface area contributed by atoms with Crippen molar-refractivity contribution in [1.82, 2.24) is 5.16 Å². The highest BCUT2D eigenvalue weighted by atomic mass is 16.5. The molecule has 3 rings (SSSR count). The molecular weight excluding hydrogens is 202 g/mol. The number of benzene rings is 2. The van der Waals surface area contributed by atoms with Gasteiger partial charge in [-0.25, -0.2) is 0 Å². The van der Waals surface area contributed by atoms with E-state index in [-0.39, 0.29) is 5.75 Å². The second-order valence-electron chi connectivity index (χ2n) is 3.58. The van der Waals surface area contributed by atoms with Crippen molar-refractivity contribution >= 4 is 10.9 Å². The second-order valence-corrected chi connectivity index (χ2v) is 3.58. The molecule has 78 valence electrons. The van der Waals surface area contributed by atoms with E-state index in [9.17, 15) is 5.11 Å². The molecule has 0 fully saturated rings. The Bertz CT molecular complexity index is 629. The summed E-state index contributed by atoms with van der Waals surface area (Å²) in [4.78, 5) is 0. The molecule has 0 saturated heterocycles. The van der Waals surface area contributed by atoms with Crippen LogP contribution in [0, 0.1) is 0 Å². The fraction of sp³-hybridized carbons (Fsp3) is 0. The average molecular weight is 211 g/mol. The average Bonchev–Trinajstić information content (AvgIpc) is 2.73. The van der Waals surface area contributed by atoms with Crippen LogP contribution in [-0.4, -0.2) is 10.3 Å². The molecule has 0 aliphatic carbocycles. The van der Waals surface area contributed by atoms with Gasteiger partial charge in [0.05, 0.1) is 0 Å². The minimum Gasteiger partial charge on any atom is -0.508 e. The predicted molar refractivity (Wildman–Crippen MR) is 61.1 cm³/mol. The van der Waals surface area contributed by atoms with Crippen LogP contribution in [0.25, 0.3) is 22.2 Å². The lowest BCUT2D eigenvalue weighted by molar-refractivity contribution is 0.440. The Morgan fingerprint density at radius 3 is 2.62 bits per heavy atom. The van der Waals surface area contributed by atoms with Gasteiger partial charge >= 0.3 is 0 Å². The lowest BCUT2D eigenvalue weighted by Crippen LogP contribution is -1.73. The number of aromatic hydroxyl groups is 1. The molecule has 0 spiro atoms. The van der Waals surface area contributed by atoms with Crippen LogP contribution >= 0.6 is 0 Å². The number of nitrogens with zero attached hydrogens (tertiary/aromatic N) is 1. The van der Waals surface area contributed by atoms with Crippen LogP contribution in [0.2, 0.25) is 0 Å². The highest BCUT2D eigenvalue weighted by Gasteiger charge is 2.10. The zero-order chi connectivity index (χ0) is 11.0. The first-order valence-electron chi connectivity index (χ1n) is 4.98. The Morgan fingerprint density at radius 1 is 1.00 bits per heavy atom. The van der Waals surface area contributed by atoms with Crippen molar-refractivity contribution in [2.75, 3.05) is 0 Å². The van der Waals surface area contributed by atoms with Gasteiger partial charge in [0.15, 0.2) is 5.76 Å². The van der Waals surface area contributed by atoms with E-state index in [4.69, 9.17) is 4.52 Å². The molecule has 2 aromatic carbocycles. The Hall–Kier alpha value is -2.29. The van der Waals surface area contributed by atoms with Gasteiger partial charge in [-0.3, -0.25) is 0 Å². The van der Waals surface area contributed by atoms with E-state index in [1.165, 1.54) is 0 Å². The van der Waals surface area contributed by atoms with Gasteiger partial charge in [-0.2, -0.15) is 0 Å². The van der Waals surface area contributed by atoms with E-state index in [0.29, 0.717) is 5.52 Å². The molecule has 3 aromatic rings. The molecule has 0 saturated carbocycles. The molecule has 16 heavy (non-hydrogen) atoms. The Balaban J connectivity index is 2.26. The van der Waals surface area contributed by atoms with Crippen LogP contribution in [-0.2, 0) is 0 Å². The SMILES string of the molecule is Oc1ccc2c(-c3ccccc3)onc2c1. The predicted octanol–water partition coefficient (Wildman–Crippen LogP) is 3.20. The zero-order valence-electron chi connectivity index (χ0n) is 8.42. The van der Waals surface area contributed by atoms with Crippen LogP contribution in [0.4, 0.5) is 0 Å². The van der Waals surface area contributed by atoms with Crippen molar-refractivity contribution in [3.05, 3.63) is 48.5 Å². The van der Waals surface area contributed by atoms with E-state index < -0.39 is 0 Å². The fourth-order valence-electron chi connectivity index (χ4n) is 1.73. The van der Waals surface area contributed by atoms with Gasteiger partial charge < -0.3 is 9.63 Å². The second kappa shape index (κ2) is 3.38. The number of fused-ring (bicyclic) bond motifs is 1. The van der Waals surface area contributed by atoms with Gasteiger partial charge in [0.2, 0.25) is 0 Å². The third-order valence-electron chi connectivity index (χ3n) is 2.50. The highest BCUT2D eigenvalue weighted by Crippen LogP contribution is 2.30. The van der Waals surface area contributed by atoms with Gasteiger partial charge in [0.25, 0.3) is 0 Å². The molecular formula is C13H9NO2. The summed E-state index contributed by atoms with van der Waals surface area (Å²) in [5.41, 5.74) is 1.65. The summed E-state index contributed by atoms with van der Waals surface area (Å²) in [5, 5.41) is 14.2. The Labute approximate surface area is 91.9 Å². The van der Waals surface area contributed by atoms with Crippen LogP contribution in [0.1, 0.15) is 0 Å². The maximum Gasteiger partial charge on any atom is 0.174 e. The van der Waals surface area contributed by atoms with Gasteiger partial charge in [-0.05, 0) is 12.1 Å². The first-order valence-corrected chi connectivity index (χ1v) is 4.98. The van der Waals surface area contributed by atoms with Crippen LogP contribution < -0.4 is 0 Å². The maximum absolute atomic E-state index is 9.33. The van der Waals surface area contributed by atoms with Gasteiger partial charge in [0.1, 0.15) is 11.3 Å². The first kappa shape index (κ1) is 8.97. The summed E-state index contributed by atoms with van der Waals surface area (Å²) in [6, 6.07) is 14.8. The van der Waals surface area contributed by atoms with E-state index in [1.807, 2.05) is 36.4 Å². The first-order chi connectivity index (χ1) is 7.84. The molecule has 0 radical (unpaired) electrons. The van der Waals surface area contributed by atoms with Gasteiger partial charge in [-0.15, -0.1) is 0 Å². The van der Waals surface area contributed by atoms with Crippen LogP contribution in [0.5, 0.6) is 5.75 Å². The number of rotatable bonds is 1. The molecule has 0 amide bonds. The normalized spacial score (nSPS) is 10.8. The topological polar surface area (TPSA) is 46.3 Å². The molecule has 1 heterocycles. The largest absolute Gasteiger partial charge is 0.508 e. The quantitative estimate of drug-likeness (QED) is 0.672. The number of hydrogen-bond donors (Lipinski definition) is 1. The number of aromatic nitrogens is 1. The highest BCUT2D eigenvalue weighted by molar-refractivity contribution is 5.92. The molecule has 0 aliphatic heterocycles. The van der Waals surface area contributed by atoms with Crippen molar-refractivity contribution in [3.63, 3.8) is 0 Å². The third kappa shape index (κ3) is 1.34. The van der Waals surface area contributed by atoms with E-state index in [2.05, 4.69) is 5.16 Å². The summed E-state index contributed by atoms with van der Waals surface area (Å²) < 4.78 is 5.30. The summed E-state index contributed by atoms with van der Waals surface area (Å²) in [7, 11) is 0. The minimum atomic E-state index is 0.195. The molecule has 0 unspecified atom stereocenters. The van der Waals surface area contributed by atoms with Gasteiger partial charge in [0, 0.05) is 17.0 Å². The van der Waals surface area contributed by atoms with Crippen LogP contribution in [0.15, 0.2) is 53.1 Å². The van der Waals surface area contributed by atoms with Crippen molar-refractivity contribution < 1.29 is 9.63 Å². The third-order valence-corrected chi connectivity index (χ3v) is 2.50. The lowest BCUT2D eigenvalue weighted by Gasteiger charge is -1.95. The number of phenols is 1. The van der Waals surface area contributed by atoms with E-state index >= 15 is 0 Å². The van der Waals surface area contributed by atoms with Crippen molar-refractivity contribution in [1.29, 1.82) is 0 Å². The molecule has 0 atom stereocenters. The monoisotopic (exact) mass is 211 g/mol. The summed E-state index contributed by atoms with van der Waals surface area (Å²) in [6.45, 7) is 0. The molecule has 1 N–H and O–H groups in total. The molecule has 3 heteroatoms. The van der Waals surface area contributed by atoms with Crippen molar-refractivity contribution in [2.45, 2.75) is 0 Å². The van der Waals surface area contributed by atoms with Crippen LogP contribution in [0.3, 0.4) is 0 Å². The maximum atomic E-state index is 9.33. The molecule has 0 bridgehead atoms. The summed E-state index contributed by atoms with van der Waals surface area (Å²) >= 11 is 0. The fourth-order valence-corrected chi connectivity index (χ4v) is 1.73. The van der Waals surface area contributed by atoms with Crippen molar-refractivity contribution in [2.24, 2.45) is 0 Å². The zero-order valence-corrected chi connectivity index (χ0v) is 8.42. The molecule has 1 aromatic heterocycles. The minimum absolute atomic E-state index is 0.195. The summed E-state index contributed by atoms with van der Waals surface area (Å²) in [6.07, 6.45) is 0. The number of phenolic OH excluding ortho intramolecular Hbond substituents is 1. The van der Waals surface area contributed by atoms with E-state index in [0.717, 1.165) is 16.7 Å². The molecule has 0 aliphatic rings. The Morgan fingerprint density at radius 2 is 1.81 bits per heavy atom. The number of hydrogen-bond acceptors (Lipinski definition) is 3. The smallest absolute Gasteiger partial charge is 0.174 e.